The van der Waals surface area contributed by atoms with Gasteiger partial charge in [0, 0.05) is 29.4 Å². The van der Waals surface area contributed by atoms with Gasteiger partial charge in [-0.05, 0) is 57.5 Å². The topological polar surface area (TPSA) is 102 Å². The number of pyridine rings is 2. The number of carbonyl (C=O) groups excluding carboxylic acids is 2. The SMILES string of the molecule is Cc1ccc2c(C)c(NC(=O)c3cc(C(F)(F)F)nn3-c3ncccc3Cl)c(C(=O)NC(C)C)cc2n1. The molecule has 12 heteroatoms. The van der Waals surface area contributed by atoms with Gasteiger partial charge < -0.3 is 10.6 Å². The van der Waals surface area contributed by atoms with E-state index in [1.807, 2.05) is 0 Å². The highest BCUT2D eigenvalue weighted by molar-refractivity contribution is 6.32. The highest BCUT2D eigenvalue weighted by Crippen LogP contribution is 2.33. The summed E-state index contributed by atoms with van der Waals surface area (Å²) in [5, 5.41) is 9.61. The molecule has 2 N–H and O–H groups in total. The zero-order valence-corrected chi connectivity index (χ0v) is 21.0. The van der Waals surface area contributed by atoms with Crippen LogP contribution in [0, 0.1) is 13.8 Å². The summed E-state index contributed by atoms with van der Waals surface area (Å²) in [5.41, 5.74) is 0.267. The third-order valence-electron chi connectivity index (χ3n) is 5.47. The summed E-state index contributed by atoms with van der Waals surface area (Å²) < 4.78 is 41.3. The van der Waals surface area contributed by atoms with E-state index >= 15 is 0 Å². The van der Waals surface area contributed by atoms with E-state index in [9.17, 15) is 22.8 Å². The molecule has 0 bridgehead atoms. The van der Waals surface area contributed by atoms with Crippen LogP contribution >= 0.6 is 11.6 Å². The maximum Gasteiger partial charge on any atom is 0.435 e. The summed E-state index contributed by atoms with van der Waals surface area (Å²) in [4.78, 5) is 35.0. The average Bonchev–Trinajstić information content (AvgIpc) is 3.26. The number of benzene rings is 1. The van der Waals surface area contributed by atoms with Gasteiger partial charge in [-0.3, -0.25) is 14.6 Å². The van der Waals surface area contributed by atoms with Gasteiger partial charge in [0.25, 0.3) is 11.8 Å². The first kappa shape index (κ1) is 26.1. The average molecular weight is 531 g/mol. The lowest BCUT2D eigenvalue weighted by atomic mass is 10.0. The maximum absolute atomic E-state index is 13.5. The van der Waals surface area contributed by atoms with E-state index in [0.717, 1.165) is 10.4 Å². The molecule has 0 saturated carbocycles. The van der Waals surface area contributed by atoms with Crippen LogP contribution in [0.4, 0.5) is 18.9 Å². The van der Waals surface area contributed by atoms with Gasteiger partial charge in [0.15, 0.2) is 11.5 Å². The van der Waals surface area contributed by atoms with E-state index in [-0.39, 0.29) is 28.1 Å². The summed E-state index contributed by atoms with van der Waals surface area (Å²) >= 11 is 6.14. The fourth-order valence-electron chi connectivity index (χ4n) is 3.78. The molecule has 2 amide bonds. The lowest BCUT2D eigenvalue weighted by molar-refractivity contribution is -0.141. The number of aromatic nitrogens is 4. The van der Waals surface area contributed by atoms with Crippen LogP contribution in [0.3, 0.4) is 0 Å². The first-order chi connectivity index (χ1) is 17.4. The number of fused-ring (bicyclic) bond motifs is 1. The lowest BCUT2D eigenvalue weighted by Gasteiger charge is -2.18. The van der Waals surface area contributed by atoms with Crippen molar-refractivity contribution in [2.75, 3.05) is 5.32 Å². The fourth-order valence-corrected chi connectivity index (χ4v) is 3.98. The molecular formula is C25H22ClF3N6O2. The van der Waals surface area contributed by atoms with Gasteiger partial charge in [-0.2, -0.15) is 18.3 Å². The van der Waals surface area contributed by atoms with Crippen molar-refractivity contribution < 1.29 is 22.8 Å². The highest BCUT2D eigenvalue weighted by Gasteiger charge is 2.37. The van der Waals surface area contributed by atoms with Gasteiger partial charge in [-0.25, -0.2) is 9.67 Å². The molecule has 0 radical (unpaired) electrons. The molecule has 4 rings (SSSR count). The first-order valence-corrected chi connectivity index (χ1v) is 11.6. The molecule has 0 aliphatic carbocycles. The van der Waals surface area contributed by atoms with E-state index in [2.05, 4.69) is 25.7 Å². The number of nitrogens with one attached hydrogen (secondary N) is 2. The number of carbonyl (C=O) groups is 2. The molecule has 4 aromatic rings. The summed E-state index contributed by atoms with van der Waals surface area (Å²) in [5.74, 6) is -1.57. The minimum atomic E-state index is -4.83. The molecule has 0 saturated heterocycles. The fraction of sp³-hybridized carbons (Fsp3) is 0.240. The second kappa shape index (κ2) is 9.81. The normalized spacial score (nSPS) is 11.7. The molecule has 1 aromatic carbocycles. The van der Waals surface area contributed by atoms with Gasteiger partial charge in [-0.1, -0.05) is 17.7 Å². The number of hydrogen-bond acceptors (Lipinski definition) is 5. The van der Waals surface area contributed by atoms with Crippen LogP contribution in [0.15, 0.2) is 42.6 Å². The van der Waals surface area contributed by atoms with E-state index in [4.69, 9.17) is 11.6 Å². The monoisotopic (exact) mass is 530 g/mol. The quantitative estimate of drug-likeness (QED) is 0.355. The smallest absolute Gasteiger partial charge is 0.350 e. The maximum atomic E-state index is 13.5. The minimum absolute atomic E-state index is 0.00583. The zero-order valence-electron chi connectivity index (χ0n) is 20.2. The zero-order chi connectivity index (χ0) is 27.1. The third-order valence-corrected chi connectivity index (χ3v) is 5.76. The number of nitrogens with zero attached hydrogens (tertiary/aromatic N) is 4. The molecule has 0 spiro atoms. The summed E-state index contributed by atoms with van der Waals surface area (Å²) in [7, 11) is 0. The van der Waals surface area contributed by atoms with Crippen molar-refractivity contribution in [3.8, 4) is 5.82 Å². The largest absolute Gasteiger partial charge is 0.435 e. The van der Waals surface area contributed by atoms with Gasteiger partial charge >= 0.3 is 6.18 Å². The molecule has 0 fully saturated rings. The number of amides is 2. The molecule has 0 unspecified atom stereocenters. The summed E-state index contributed by atoms with van der Waals surface area (Å²) in [6.45, 7) is 7.05. The minimum Gasteiger partial charge on any atom is -0.350 e. The van der Waals surface area contributed by atoms with E-state index in [1.165, 1.54) is 24.4 Å². The van der Waals surface area contributed by atoms with Gasteiger partial charge in [0.05, 0.1) is 21.8 Å². The van der Waals surface area contributed by atoms with Crippen LogP contribution in [0.25, 0.3) is 16.7 Å². The number of anilines is 1. The Morgan fingerprint density at radius 1 is 1.08 bits per heavy atom. The van der Waals surface area contributed by atoms with Crippen molar-refractivity contribution in [2.45, 2.75) is 39.9 Å². The van der Waals surface area contributed by atoms with Gasteiger partial charge in [0.1, 0.15) is 5.69 Å². The lowest BCUT2D eigenvalue weighted by Crippen LogP contribution is -2.31. The highest BCUT2D eigenvalue weighted by atomic mass is 35.5. The number of halogens is 4. The Kier molecular flexibility index (Phi) is 6.92. The van der Waals surface area contributed by atoms with Gasteiger partial charge in [-0.15, -0.1) is 0 Å². The van der Waals surface area contributed by atoms with Crippen molar-refractivity contribution in [1.29, 1.82) is 0 Å². The van der Waals surface area contributed by atoms with Crippen molar-refractivity contribution in [3.05, 3.63) is 75.8 Å². The molecule has 8 nitrogen and oxygen atoms in total. The Hall–Kier alpha value is -3.99. The third kappa shape index (κ3) is 5.26. The Bertz CT molecular complexity index is 1530. The van der Waals surface area contributed by atoms with E-state index < -0.39 is 29.4 Å². The number of alkyl halides is 3. The molecule has 192 valence electrons. The van der Waals surface area contributed by atoms with Crippen molar-refractivity contribution in [3.63, 3.8) is 0 Å². The second-order valence-electron chi connectivity index (χ2n) is 8.66. The Morgan fingerprint density at radius 2 is 1.81 bits per heavy atom. The van der Waals surface area contributed by atoms with Crippen LogP contribution < -0.4 is 10.6 Å². The number of aryl methyl sites for hydroxylation is 2. The Morgan fingerprint density at radius 3 is 2.46 bits per heavy atom. The van der Waals surface area contributed by atoms with Crippen molar-refractivity contribution in [1.82, 2.24) is 25.1 Å². The molecule has 0 atom stereocenters. The van der Waals surface area contributed by atoms with Gasteiger partial charge in [0.2, 0.25) is 0 Å². The molecule has 0 aliphatic heterocycles. The second-order valence-corrected chi connectivity index (χ2v) is 9.07. The molecule has 3 aromatic heterocycles. The number of hydrogen-bond donors (Lipinski definition) is 2. The van der Waals surface area contributed by atoms with E-state index in [1.54, 1.807) is 39.8 Å². The Balaban J connectivity index is 1.87. The molecular weight excluding hydrogens is 509 g/mol. The predicted molar refractivity (Wildman–Crippen MR) is 133 cm³/mol. The van der Waals surface area contributed by atoms with Crippen LogP contribution in [-0.2, 0) is 6.18 Å². The van der Waals surface area contributed by atoms with E-state index in [0.29, 0.717) is 22.5 Å². The first-order valence-electron chi connectivity index (χ1n) is 11.2. The number of rotatable bonds is 5. The van der Waals surface area contributed by atoms with Crippen LogP contribution in [-0.4, -0.2) is 37.6 Å². The standard InChI is InChI=1S/C25H22ClF3N6O2/c1-12(2)31-23(36)16-10-18-15(8-7-13(3)32-18)14(4)21(16)33-24(37)19-11-20(25(27,28)29)34-35(19)22-17(26)6-5-9-30-22/h5-12H,1-4H3,(H,31,36)(H,33,37). The molecule has 37 heavy (non-hydrogen) atoms. The van der Waals surface area contributed by atoms with Crippen LogP contribution in [0.1, 0.15) is 51.6 Å². The Labute approximate surface area is 214 Å². The van der Waals surface area contributed by atoms with Crippen LogP contribution in [0.2, 0.25) is 5.02 Å². The summed E-state index contributed by atoms with van der Waals surface area (Å²) in [6.07, 6.45) is -3.51. The van der Waals surface area contributed by atoms with Crippen LogP contribution in [0.5, 0.6) is 0 Å². The van der Waals surface area contributed by atoms with Crippen molar-refractivity contribution in [2.24, 2.45) is 0 Å². The molecule has 3 heterocycles. The van der Waals surface area contributed by atoms with Crippen molar-refractivity contribution >= 4 is 40.0 Å². The predicted octanol–water partition coefficient (Wildman–Crippen LogP) is 5.50. The summed E-state index contributed by atoms with van der Waals surface area (Å²) in [6, 6.07) is 8.42. The molecule has 0 aliphatic rings.